The normalized spacial score (nSPS) is 12.6. The van der Waals surface area contributed by atoms with E-state index in [1.54, 1.807) is 0 Å². The Labute approximate surface area is 114 Å². The van der Waals surface area contributed by atoms with Gasteiger partial charge in [0, 0.05) is 19.3 Å². The molecule has 1 aromatic heterocycles. The van der Waals surface area contributed by atoms with Crippen LogP contribution in [0, 0.1) is 0 Å². The first-order valence-corrected chi connectivity index (χ1v) is 7.02. The fourth-order valence-corrected chi connectivity index (χ4v) is 2.17. The molecule has 0 atom stereocenters. The Morgan fingerprint density at radius 2 is 2.05 bits per heavy atom. The van der Waals surface area contributed by atoms with E-state index in [1.165, 1.54) is 12.1 Å². The molecule has 6 nitrogen and oxygen atoms in total. The molecule has 0 aliphatic heterocycles. The van der Waals surface area contributed by atoms with Gasteiger partial charge in [-0.15, -0.1) is 0 Å². The van der Waals surface area contributed by atoms with Gasteiger partial charge in [-0.3, -0.25) is 4.98 Å². The van der Waals surface area contributed by atoms with Gasteiger partial charge in [-0.25, -0.2) is 13.1 Å². The van der Waals surface area contributed by atoms with E-state index >= 15 is 0 Å². The molecule has 0 saturated carbocycles. The van der Waals surface area contributed by atoms with Crippen molar-refractivity contribution in [3.05, 3.63) is 24.0 Å². The van der Waals surface area contributed by atoms with Crippen molar-refractivity contribution in [2.75, 3.05) is 19.8 Å². The number of pyridine rings is 1. The zero-order valence-electron chi connectivity index (χ0n) is 10.4. The summed E-state index contributed by atoms with van der Waals surface area (Å²) in [7, 11) is -3.82. The van der Waals surface area contributed by atoms with Crippen LogP contribution in [0.4, 0.5) is 13.2 Å². The number of ether oxygens (including phenoxy) is 1. The van der Waals surface area contributed by atoms with Crippen molar-refractivity contribution in [3.8, 4) is 0 Å². The van der Waals surface area contributed by atoms with Crippen LogP contribution in [0.5, 0.6) is 0 Å². The number of hydrogen-bond acceptors (Lipinski definition) is 5. The molecule has 0 bridgehead atoms. The summed E-state index contributed by atoms with van der Waals surface area (Å²) in [5, 5.41) is 0. The molecule has 10 heteroatoms. The number of sulfonamides is 1. The SMILES string of the molecule is NCc1ccc(S(=O)(=O)NCCOCC(F)(F)F)cn1. The molecule has 1 rings (SSSR count). The molecule has 0 aliphatic carbocycles. The lowest BCUT2D eigenvalue weighted by atomic mass is 10.4. The summed E-state index contributed by atoms with van der Waals surface area (Å²) in [5.41, 5.74) is 5.85. The maximum atomic E-state index is 11.8. The van der Waals surface area contributed by atoms with Crippen molar-refractivity contribution in [2.45, 2.75) is 17.6 Å². The molecule has 0 radical (unpaired) electrons. The van der Waals surface area contributed by atoms with Gasteiger partial charge in [0.05, 0.1) is 12.3 Å². The first-order chi connectivity index (χ1) is 9.24. The topological polar surface area (TPSA) is 94.3 Å². The molecular formula is C10H14F3N3O3S. The number of halogens is 3. The lowest BCUT2D eigenvalue weighted by Gasteiger charge is -2.09. The van der Waals surface area contributed by atoms with Gasteiger partial charge in [0.1, 0.15) is 11.5 Å². The van der Waals surface area contributed by atoms with Crippen LogP contribution in [0.1, 0.15) is 5.69 Å². The second-order valence-electron chi connectivity index (χ2n) is 3.75. The molecule has 0 unspecified atom stereocenters. The zero-order valence-corrected chi connectivity index (χ0v) is 11.2. The van der Waals surface area contributed by atoms with E-state index in [-0.39, 0.29) is 24.6 Å². The fourth-order valence-electron chi connectivity index (χ4n) is 1.21. The highest BCUT2D eigenvalue weighted by atomic mass is 32.2. The number of nitrogens with two attached hydrogens (primary N) is 1. The standard InChI is InChI=1S/C10H14F3N3O3S/c11-10(12,13)7-19-4-3-16-20(17,18)9-2-1-8(5-14)15-6-9/h1-2,6,16H,3-5,7,14H2. The van der Waals surface area contributed by atoms with E-state index in [4.69, 9.17) is 5.73 Å². The van der Waals surface area contributed by atoms with Gasteiger partial charge in [0.25, 0.3) is 0 Å². The number of nitrogens with one attached hydrogen (secondary N) is 1. The Hall–Kier alpha value is -1.23. The second kappa shape index (κ2) is 6.97. The van der Waals surface area contributed by atoms with E-state index in [2.05, 4.69) is 14.4 Å². The number of aromatic nitrogens is 1. The Kier molecular flexibility index (Phi) is 5.87. The zero-order chi connectivity index (χ0) is 15.2. The minimum absolute atomic E-state index is 0.0921. The minimum atomic E-state index is -4.43. The highest BCUT2D eigenvalue weighted by Crippen LogP contribution is 2.14. The maximum Gasteiger partial charge on any atom is 0.411 e. The second-order valence-corrected chi connectivity index (χ2v) is 5.52. The van der Waals surface area contributed by atoms with E-state index in [0.29, 0.717) is 5.69 Å². The molecular weight excluding hydrogens is 299 g/mol. The summed E-state index contributed by atoms with van der Waals surface area (Å²) in [6.45, 7) is -1.88. The molecule has 0 saturated heterocycles. The van der Waals surface area contributed by atoms with Crippen molar-refractivity contribution in [1.29, 1.82) is 0 Å². The molecule has 114 valence electrons. The number of rotatable bonds is 7. The third-order valence-electron chi connectivity index (χ3n) is 2.12. The molecule has 1 heterocycles. The largest absolute Gasteiger partial charge is 0.411 e. The van der Waals surface area contributed by atoms with Gasteiger partial charge >= 0.3 is 6.18 Å². The molecule has 0 fully saturated rings. The fraction of sp³-hybridized carbons (Fsp3) is 0.500. The van der Waals surface area contributed by atoms with Crippen LogP contribution in [0.25, 0.3) is 0 Å². The number of nitrogens with zero attached hydrogens (tertiary/aromatic N) is 1. The molecule has 0 spiro atoms. The molecule has 3 N–H and O–H groups in total. The van der Waals surface area contributed by atoms with Crippen molar-refractivity contribution in [1.82, 2.24) is 9.71 Å². The Balaban J connectivity index is 2.45. The van der Waals surface area contributed by atoms with Gasteiger partial charge in [-0.1, -0.05) is 0 Å². The van der Waals surface area contributed by atoms with Crippen LogP contribution in [0.15, 0.2) is 23.2 Å². The van der Waals surface area contributed by atoms with Crippen LogP contribution < -0.4 is 10.5 Å². The third-order valence-corrected chi connectivity index (χ3v) is 3.57. The van der Waals surface area contributed by atoms with Crippen LogP contribution >= 0.6 is 0 Å². The van der Waals surface area contributed by atoms with Gasteiger partial charge in [-0.2, -0.15) is 13.2 Å². The van der Waals surface area contributed by atoms with Gasteiger partial charge in [-0.05, 0) is 12.1 Å². The molecule has 1 aromatic rings. The minimum Gasteiger partial charge on any atom is -0.371 e. The lowest BCUT2D eigenvalue weighted by molar-refractivity contribution is -0.173. The number of hydrogen-bond donors (Lipinski definition) is 2. The van der Waals surface area contributed by atoms with Crippen molar-refractivity contribution >= 4 is 10.0 Å². The quantitative estimate of drug-likeness (QED) is 0.711. The van der Waals surface area contributed by atoms with Crippen LogP contribution in [0.3, 0.4) is 0 Å². The highest BCUT2D eigenvalue weighted by Gasteiger charge is 2.27. The van der Waals surface area contributed by atoms with Gasteiger partial charge in [0.2, 0.25) is 10.0 Å². The van der Waals surface area contributed by atoms with Gasteiger partial charge < -0.3 is 10.5 Å². The number of alkyl halides is 3. The predicted octanol–water partition coefficient (Wildman–Crippen LogP) is 0.397. The Morgan fingerprint density at radius 1 is 1.35 bits per heavy atom. The summed E-state index contributed by atoms with van der Waals surface area (Å²) in [5.74, 6) is 0. The monoisotopic (exact) mass is 313 g/mol. The maximum absolute atomic E-state index is 11.8. The summed E-state index contributed by atoms with van der Waals surface area (Å²) in [4.78, 5) is 3.72. The highest BCUT2D eigenvalue weighted by molar-refractivity contribution is 7.89. The average molecular weight is 313 g/mol. The molecule has 0 amide bonds. The average Bonchev–Trinajstić information content (AvgIpc) is 2.37. The van der Waals surface area contributed by atoms with Crippen LogP contribution in [-0.4, -0.2) is 39.3 Å². The van der Waals surface area contributed by atoms with Crippen molar-refractivity contribution in [2.24, 2.45) is 5.73 Å². The van der Waals surface area contributed by atoms with Crippen molar-refractivity contribution < 1.29 is 26.3 Å². The lowest BCUT2D eigenvalue weighted by Crippen LogP contribution is -2.29. The Bertz CT molecular complexity index is 517. The summed E-state index contributed by atoms with van der Waals surface area (Å²) >= 11 is 0. The van der Waals surface area contributed by atoms with E-state index in [1.807, 2.05) is 0 Å². The first-order valence-electron chi connectivity index (χ1n) is 5.54. The summed E-state index contributed by atoms with van der Waals surface area (Å²) < 4.78 is 65.2. The van der Waals surface area contributed by atoms with Crippen LogP contribution in [-0.2, 0) is 21.3 Å². The van der Waals surface area contributed by atoms with Gasteiger partial charge in [0.15, 0.2) is 0 Å². The van der Waals surface area contributed by atoms with E-state index in [9.17, 15) is 21.6 Å². The third kappa shape index (κ3) is 5.82. The van der Waals surface area contributed by atoms with E-state index < -0.39 is 22.8 Å². The van der Waals surface area contributed by atoms with Crippen LogP contribution in [0.2, 0.25) is 0 Å². The molecule has 0 aliphatic rings. The van der Waals surface area contributed by atoms with Crippen molar-refractivity contribution in [3.63, 3.8) is 0 Å². The summed E-state index contributed by atoms with van der Waals surface area (Å²) in [6, 6.07) is 2.77. The molecule has 20 heavy (non-hydrogen) atoms. The Morgan fingerprint density at radius 3 is 2.55 bits per heavy atom. The smallest absolute Gasteiger partial charge is 0.371 e. The molecule has 0 aromatic carbocycles. The summed E-state index contributed by atoms with van der Waals surface area (Å²) in [6.07, 6.45) is -3.30. The predicted molar refractivity (Wildman–Crippen MR) is 64.2 cm³/mol. The van der Waals surface area contributed by atoms with E-state index in [0.717, 1.165) is 6.20 Å². The first kappa shape index (κ1) is 16.8.